The fourth-order valence-corrected chi connectivity index (χ4v) is 2.18. The maximum absolute atomic E-state index is 12.1. The number of carbonyl (C=O) groups is 2. The molecule has 110 valence electrons. The molecule has 19 heavy (non-hydrogen) atoms. The molecule has 1 saturated carbocycles. The average molecular weight is 270 g/mol. The van der Waals surface area contributed by atoms with Crippen LogP contribution in [0.2, 0.25) is 0 Å². The van der Waals surface area contributed by atoms with E-state index in [-0.39, 0.29) is 24.5 Å². The summed E-state index contributed by atoms with van der Waals surface area (Å²) in [5.41, 5.74) is 0. The standard InChI is InChI=1S/C14H26N2O3/c1-4-10(2)9-11(3)15-14(19)16(12-5-6-12)8-7-13(17)18/h10-12H,4-9H2,1-3H3,(H,15,19)(H,17,18). The van der Waals surface area contributed by atoms with Crippen LogP contribution in [0.25, 0.3) is 0 Å². The molecule has 2 atom stereocenters. The van der Waals surface area contributed by atoms with Gasteiger partial charge in [-0.25, -0.2) is 4.79 Å². The molecule has 0 aromatic carbocycles. The monoisotopic (exact) mass is 270 g/mol. The van der Waals surface area contributed by atoms with Crippen LogP contribution in [0.15, 0.2) is 0 Å². The maximum Gasteiger partial charge on any atom is 0.317 e. The lowest BCUT2D eigenvalue weighted by Crippen LogP contribution is -2.46. The van der Waals surface area contributed by atoms with Gasteiger partial charge in [0.15, 0.2) is 0 Å². The second kappa shape index (κ2) is 7.36. The van der Waals surface area contributed by atoms with Gasteiger partial charge in [0.2, 0.25) is 0 Å². The van der Waals surface area contributed by atoms with E-state index in [2.05, 4.69) is 19.2 Å². The number of carbonyl (C=O) groups excluding carboxylic acids is 1. The maximum atomic E-state index is 12.1. The number of rotatable bonds is 8. The first-order chi connectivity index (χ1) is 8.93. The van der Waals surface area contributed by atoms with Crippen molar-refractivity contribution >= 4 is 12.0 Å². The molecule has 0 aromatic heterocycles. The van der Waals surface area contributed by atoms with Crippen molar-refractivity contribution in [2.45, 2.75) is 65.0 Å². The minimum absolute atomic E-state index is 0.0175. The van der Waals surface area contributed by atoms with Crippen molar-refractivity contribution in [3.05, 3.63) is 0 Å². The van der Waals surface area contributed by atoms with Gasteiger partial charge in [-0.05, 0) is 32.1 Å². The van der Waals surface area contributed by atoms with Crippen LogP contribution in [0.3, 0.4) is 0 Å². The number of hydrogen-bond donors (Lipinski definition) is 2. The van der Waals surface area contributed by atoms with E-state index in [4.69, 9.17) is 5.11 Å². The van der Waals surface area contributed by atoms with Crippen LogP contribution in [0.5, 0.6) is 0 Å². The Kier molecular flexibility index (Phi) is 6.12. The minimum Gasteiger partial charge on any atom is -0.481 e. The number of amides is 2. The van der Waals surface area contributed by atoms with E-state index in [1.807, 2.05) is 6.92 Å². The Morgan fingerprint density at radius 2 is 2.00 bits per heavy atom. The first-order valence-corrected chi connectivity index (χ1v) is 7.23. The molecule has 5 nitrogen and oxygen atoms in total. The van der Waals surface area contributed by atoms with Gasteiger partial charge in [0.05, 0.1) is 6.42 Å². The number of hydrogen-bond acceptors (Lipinski definition) is 2. The fraction of sp³-hybridized carbons (Fsp3) is 0.857. The second-order valence-corrected chi connectivity index (χ2v) is 5.67. The molecule has 0 radical (unpaired) electrons. The highest BCUT2D eigenvalue weighted by molar-refractivity contribution is 5.76. The zero-order valence-electron chi connectivity index (χ0n) is 12.2. The Labute approximate surface area is 115 Å². The van der Waals surface area contributed by atoms with Crippen LogP contribution in [0.4, 0.5) is 4.79 Å². The highest BCUT2D eigenvalue weighted by Gasteiger charge is 2.33. The molecule has 1 fully saturated rings. The van der Waals surface area contributed by atoms with Crippen molar-refractivity contribution < 1.29 is 14.7 Å². The third-order valence-corrected chi connectivity index (χ3v) is 3.64. The number of nitrogens with zero attached hydrogens (tertiary/aromatic N) is 1. The van der Waals surface area contributed by atoms with E-state index >= 15 is 0 Å². The van der Waals surface area contributed by atoms with Gasteiger partial charge in [-0.3, -0.25) is 4.79 Å². The highest BCUT2D eigenvalue weighted by Crippen LogP contribution is 2.27. The predicted molar refractivity (Wildman–Crippen MR) is 74.0 cm³/mol. The van der Waals surface area contributed by atoms with E-state index in [0.29, 0.717) is 12.5 Å². The summed E-state index contributed by atoms with van der Waals surface area (Å²) in [4.78, 5) is 24.4. The van der Waals surface area contributed by atoms with Gasteiger partial charge >= 0.3 is 12.0 Å². The van der Waals surface area contributed by atoms with E-state index in [0.717, 1.165) is 25.7 Å². The molecule has 0 bridgehead atoms. The van der Waals surface area contributed by atoms with E-state index in [1.54, 1.807) is 4.90 Å². The van der Waals surface area contributed by atoms with Crippen LogP contribution >= 0.6 is 0 Å². The smallest absolute Gasteiger partial charge is 0.317 e. The summed E-state index contributed by atoms with van der Waals surface area (Å²) in [6, 6.07) is 0.267. The lowest BCUT2D eigenvalue weighted by molar-refractivity contribution is -0.137. The van der Waals surface area contributed by atoms with Crippen LogP contribution < -0.4 is 5.32 Å². The summed E-state index contributed by atoms with van der Waals surface area (Å²) in [5.74, 6) is -0.269. The van der Waals surface area contributed by atoms with E-state index in [9.17, 15) is 9.59 Å². The Hall–Kier alpha value is -1.26. The molecule has 1 rings (SSSR count). The Balaban J connectivity index is 2.41. The van der Waals surface area contributed by atoms with Crippen LogP contribution in [-0.2, 0) is 4.79 Å². The zero-order chi connectivity index (χ0) is 14.4. The number of nitrogens with one attached hydrogen (secondary N) is 1. The molecular weight excluding hydrogens is 244 g/mol. The van der Waals surface area contributed by atoms with Crippen molar-refractivity contribution in [3.63, 3.8) is 0 Å². The molecule has 0 spiro atoms. The largest absolute Gasteiger partial charge is 0.481 e. The van der Waals surface area contributed by atoms with E-state index in [1.165, 1.54) is 0 Å². The van der Waals surface area contributed by atoms with Crippen molar-refractivity contribution in [2.75, 3.05) is 6.54 Å². The summed E-state index contributed by atoms with van der Waals surface area (Å²) in [7, 11) is 0. The zero-order valence-corrected chi connectivity index (χ0v) is 12.2. The molecule has 0 saturated heterocycles. The normalized spacial score (nSPS) is 17.6. The first-order valence-electron chi connectivity index (χ1n) is 7.23. The number of urea groups is 1. The highest BCUT2D eigenvalue weighted by atomic mass is 16.4. The molecule has 0 aromatic rings. The summed E-state index contributed by atoms with van der Waals surface area (Å²) in [5, 5.41) is 11.7. The van der Waals surface area contributed by atoms with Gasteiger partial charge in [0.25, 0.3) is 0 Å². The number of carboxylic acids is 1. The molecule has 0 aliphatic heterocycles. The third-order valence-electron chi connectivity index (χ3n) is 3.64. The second-order valence-electron chi connectivity index (χ2n) is 5.67. The topological polar surface area (TPSA) is 69.6 Å². The van der Waals surface area contributed by atoms with Crippen molar-refractivity contribution in [1.29, 1.82) is 0 Å². The molecule has 2 N–H and O–H groups in total. The van der Waals surface area contributed by atoms with Crippen LogP contribution in [0, 0.1) is 5.92 Å². The Bertz CT molecular complexity index is 316. The fourth-order valence-electron chi connectivity index (χ4n) is 2.18. The minimum atomic E-state index is -0.855. The summed E-state index contributed by atoms with van der Waals surface area (Å²) < 4.78 is 0. The molecule has 1 aliphatic carbocycles. The average Bonchev–Trinajstić information content (AvgIpc) is 3.12. The Morgan fingerprint density at radius 1 is 1.37 bits per heavy atom. The number of carboxylic acid groups (broad SMARTS) is 1. The predicted octanol–water partition coefficient (Wildman–Crippen LogP) is 2.46. The molecular formula is C14H26N2O3. The molecule has 2 amide bonds. The summed E-state index contributed by atoms with van der Waals surface area (Å²) in [6.07, 6.45) is 4.06. The van der Waals surface area contributed by atoms with Gasteiger partial charge < -0.3 is 15.3 Å². The summed E-state index contributed by atoms with van der Waals surface area (Å²) >= 11 is 0. The van der Waals surface area contributed by atoms with Crippen LogP contribution in [-0.4, -0.2) is 40.6 Å². The van der Waals surface area contributed by atoms with Gasteiger partial charge in [-0.2, -0.15) is 0 Å². The summed E-state index contributed by atoms with van der Waals surface area (Å²) in [6.45, 7) is 6.63. The first kappa shape index (κ1) is 15.8. The lowest BCUT2D eigenvalue weighted by atomic mass is 10.0. The third kappa shape index (κ3) is 5.94. The van der Waals surface area contributed by atoms with Crippen molar-refractivity contribution in [1.82, 2.24) is 10.2 Å². The van der Waals surface area contributed by atoms with Crippen molar-refractivity contribution in [2.24, 2.45) is 5.92 Å². The molecule has 5 heteroatoms. The van der Waals surface area contributed by atoms with Crippen LogP contribution in [0.1, 0.15) is 52.9 Å². The van der Waals surface area contributed by atoms with Gasteiger partial charge in [0, 0.05) is 18.6 Å². The van der Waals surface area contributed by atoms with Crippen molar-refractivity contribution in [3.8, 4) is 0 Å². The molecule has 0 heterocycles. The number of aliphatic carboxylic acids is 1. The molecule has 1 aliphatic rings. The Morgan fingerprint density at radius 3 is 2.47 bits per heavy atom. The SMILES string of the molecule is CCC(C)CC(C)NC(=O)N(CCC(=O)O)C1CC1. The quantitative estimate of drug-likeness (QED) is 0.712. The van der Waals surface area contributed by atoms with E-state index < -0.39 is 5.97 Å². The van der Waals surface area contributed by atoms with Gasteiger partial charge in [-0.15, -0.1) is 0 Å². The lowest BCUT2D eigenvalue weighted by Gasteiger charge is -2.25. The molecule has 2 unspecified atom stereocenters. The van der Waals surface area contributed by atoms with Gasteiger partial charge in [0.1, 0.15) is 0 Å². The van der Waals surface area contributed by atoms with Gasteiger partial charge in [-0.1, -0.05) is 20.3 Å².